The van der Waals surface area contributed by atoms with E-state index in [1.165, 1.54) is 12.8 Å². The maximum atomic E-state index is 12.4. The molecule has 1 fully saturated rings. The molecule has 1 aliphatic carbocycles. The van der Waals surface area contributed by atoms with Crippen LogP contribution in [0.4, 0.5) is 0 Å². The Morgan fingerprint density at radius 1 is 1.18 bits per heavy atom. The molecule has 0 saturated carbocycles. The molecule has 1 saturated heterocycles. The van der Waals surface area contributed by atoms with Crippen molar-refractivity contribution in [1.82, 2.24) is 29.2 Å². The molecular formula is C20H24N6O2. The molecule has 5 rings (SSSR count). The lowest BCUT2D eigenvalue weighted by Gasteiger charge is -2.23. The van der Waals surface area contributed by atoms with Crippen molar-refractivity contribution < 1.29 is 4.42 Å². The first-order valence-corrected chi connectivity index (χ1v) is 10.0. The van der Waals surface area contributed by atoms with Gasteiger partial charge in [0.2, 0.25) is 5.89 Å². The summed E-state index contributed by atoms with van der Waals surface area (Å²) in [6.07, 6.45) is 11.8. The zero-order valence-corrected chi connectivity index (χ0v) is 15.8. The van der Waals surface area contributed by atoms with Crippen LogP contribution < -0.4 is 5.56 Å². The molecule has 0 aromatic carbocycles. The Morgan fingerprint density at radius 3 is 2.96 bits per heavy atom. The Kier molecular flexibility index (Phi) is 4.56. The number of imidazole rings is 1. The van der Waals surface area contributed by atoms with Crippen LogP contribution in [0.15, 0.2) is 40.1 Å². The van der Waals surface area contributed by atoms with Crippen molar-refractivity contribution >= 4 is 0 Å². The summed E-state index contributed by atoms with van der Waals surface area (Å²) in [4.78, 5) is 23.5. The van der Waals surface area contributed by atoms with Gasteiger partial charge in [0.05, 0.1) is 18.8 Å². The molecule has 1 aliphatic heterocycles. The van der Waals surface area contributed by atoms with Crippen LogP contribution in [0.25, 0.3) is 5.82 Å². The van der Waals surface area contributed by atoms with Crippen LogP contribution in [0, 0.1) is 0 Å². The topological polar surface area (TPSA) is 82.0 Å². The van der Waals surface area contributed by atoms with Crippen LogP contribution in [-0.2, 0) is 25.9 Å². The van der Waals surface area contributed by atoms with Crippen LogP contribution in [0.5, 0.6) is 0 Å². The van der Waals surface area contributed by atoms with E-state index >= 15 is 0 Å². The molecule has 8 nitrogen and oxygen atoms in total. The molecular weight excluding hydrogens is 356 g/mol. The smallest absolute Gasteiger partial charge is 0.266 e. The van der Waals surface area contributed by atoms with Gasteiger partial charge in [-0.25, -0.2) is 14.6 Å². The summed E-state index contributed by atoms with van der Waals surface area (Å²) in [5.74, 6) is 2.58. The second-order valence-corrected chi connectivity index (χ2v) is 7.63. The maximum Gasteiger partial charge on any atom is 0.266 e. The van der Waals surface area contributed by atoms with Gasteiger partial charge in [-0.2, -0.15) is 5.10 Å². The number of aromatic nitrogens is 5. The first kappa shape index (κ1) is 17.4. The summed E-state index contributed by atoms with van der Waals surface area (Å²) in [6, 6.07) is 3.56. The van der Waals surface area contributed by atoms with Gasteiger partial charge >= 0.3 is 0 Å². The van der Waals surface area contributed by atoms with E-state index in [4.69, 9.17) is 9.40 Å². The van der Waals surface area contributed by atoms with Crippen LogP contribution in [0.1, 0.15) is 43.0 Å². The van der Waals surface area contributed by atoms with Crippen LogP contribution in [0.3, 0.4) is 0 Å². The summed E-state index contributed by atoms with van der Waals surface area (Å²) in [7, 11) is 0. The van der Waals surface area contributed by atoms with Crippen molar-refractivity contribution in [3.8, 4) is 5.82 Å². The summed E-state index contributed by atoms with van der Waals surface area (Å²) in [5.41, 5.74) is 1.06. The fourth-order valence-electron chi connectivity index (χ4n) is 4.26. The molecule has 1 atom stereocenters. The van der Waals surface area contributed by atoms with E-state index in [9.17, 15) is 4.79 Å². The maximum absolute atomic E-state index is 12.4. The average molecular weight is 380 g/mol. The highest BCUT2D eigenvalue weighted by atomic mass is 16.4. The molecule has 8 heteroatoms. The number of hydrogen-bond donors (Lipinski definition) is 0. The van der Waals surface area contributed by atoms with E-state index in [0.29, 0.717) is 18.9 Å². The summed E-state index contributed by atoms with van der Waals surface area (Å²) in [6.45, 7) is 2.27. The van der Waals surface area contributed by atoms with Gasteiger partial charge in [-0.3, -0.25) is 14.3 Å². The summed E-state index contributed by atoms with van der Waals surface area (Å²) in [5, 5.41) is 4.53. The molecule has 0 bridgehead atoms. The van der Waals surface area contributed by atoms with Crippen LogP contribution >= 0.6 is 0 Å². The third-order valence-corrected chi connectivity index (χ3v) is 5.73. The molecule has 3 aromatic rings. The Bertz CT molecular complexity index is 983. The van der Waals surface area contributed by atoms with Crippen LogP contribution in [-0.4, -0.2) is 41.8 Å². The van der Waals surface area contributed by atoms with Crippen molar-refractivity contribution in [1.29, 1.82) is 0 Å². The van der Waals surface area contributed by atoms with E-state index < -0.39 is 0 Å². The Hall–Kier alpha value is -2.74. The van der Waals surface area contributed by atoms with E-state index in [-0.39, 0.29) is 11.6 Å². The number of hydrogen-bond acceptors (Lipinski definition) is 6. The average Bonchev–Trinajstić information content (AvgIpc) is 3.45. The standard InChI is InChI=1S/C20H24N6O2/c27-20-8-7-18(25-11-9-21-14-25)23-26(20)12-15-4-3-10-24(15)13-19-22-16-5-1-2-6-17(16)28-19/h7-9,11,14-15H,1-6,10,12-13H2. The lowest BCUT2D eigenvalue weighted by atomic mass is 10.0. The van der Waals surface area contributed by atoms with Gasteiger partial charge < -0.3 is 4.42 Å². The third kappa shape index (κ3) is 3.40. The SMILES string of the molecule is O=c1ccc(-n2ccnc2)nn1CC1CCCN1Cc1nc2c(o1)CCCC2. The number of oxazole rings is 1. The number of likely N-dealkylation sites (tertiary alicyclic amines) is 1. The van der Waals surface area contributed by atoms with Gasteiger partial charge in [-0.1, -0.05) is 0 Å². The van der Waals surface area contributed by atoms with Crippen molar-refractivity contribution in [2.24, 2.45) is 0 Å². The molecule has 0 amide bonds. The minimum absolute atomic E-state index is 0.0812. The fraction of sp³-hybridized carbons (Fsp3) is 0.500. The molecule has 0 spiro atoms. The number of rotatable bonds is 5. The monoisotopic (exact) mass is 380 g/mol. The van der Waals surface area contributed by atoms with E-state index in [1.54, 1.807) is 33.9 Å². The Balaban J connectivity index is 1.33. The highest BCUT2D eigenvalue weighted by molar-refractivity contribution is 5.19. The van der Waals surface area contributed by atoms with Gasteiger partial charge in [0.1, 0.15) is 12.1 Å². The molecule has 0 radical (unpaired) electrons. The van der Waals surface area contributed by atoms with E-state index in [2.05, 4.69) is 15.0 Å². The second kappa shape index (κ2) is 7.35. The minimum atomic E-state index is -0.0812. The highest BCUT2D eigenvalue weighted by Crippen LogP contribution is 2.25. The van der Waals surface area contributed by atoms with Gasteiger partial charge in [0, 0.05) is 30.9 Å². The lowest BCUT2D eigenvalue weighted by Crippen LogP contribution is -2.37. The van der Waals surface area contributed by atoms with Gasteiger partial charge in [0.25, 0.3) is 5.56 Å². The Labute approximate surface area is 162 Å². The quantitative estimate of drug-likeness (QED) is 0.673. The number of aryl methyl sites for hydroxylation is 2. The predicted molar refractivity (Wildman–Crippen MR) is 102 cm³/mol. The summed E-state index contributed by atoms with van der Waals surface area (Å²) >= 11 is 0. The molecule has 2 aliphatic rings. The highest BCUT2D eigenvalue weighted by Gasteiger charge is 2.28. The molecule has 4 heterocycles. The molecule has 0 N–H and O–H groups in total. The molecule has 3 aromatic heterocycles. The zero-order chi connectivity index (χ0) is 18.9. The molecule has 28 heavy (non-hydrogen) atoms. The first-order chi connectivity index (χ1) is 13.8. The lowest BCUT2D eigenvalue weighted by molar-refractivity contribution is 0.196. The van der Waals surface area contributed by atoms with Gasteiger partial charge in [-0.15, -0.1) is 0 Å². The second-order valence-electron chi connectivity index (χ2n) is 7.63. The van der Waals surface area contributed by atoms with Crippen LogP contribution in [0.2, 0.25) is 0 Å². The van der Waals surface area contributed by atoms with Crippen molar-refractivity contribution in [2.75, 3.05) is 6.54 Å². The van der Waals surface area contributed by atoms with Crippen molar-refractivity contribution in [2.45, 2.75) is 57.7 Å². The molecule has 1 unspecified atom stereocenters. The first-order valence-electron chi connectivity index (χ1n) is 10.0. The van der Waals surface area contributed by atoms with Crippen molar-refractivity contribution in [3.63, 3.8) is 0 Å². The number of nitrogens with zero attached hydrogens (tertiary/aromatic N) is 6. The summed E-state index contributed by atoms with van der Waals surface area (Å²) < 4.78 is 9.38. The largest absolute Gasteiger partial charge is 0.444 e. The van der Waals surface area contributed by atoms with E-state index in [1.807, 2.05) is 6.20 Å². The van der Waals surface area contributed by atoms with E-state index in [0.717, 1.165) is 49.6 Å². The number of fused-ring (bicyclic) bond motifs is 1. The minimum Gasteiger partial charge on any atom is -0.444 e. The van der Waals surface area contributed by atoms with Gasteiger partial charge in [0.15, 0.2) is 5.82 Å². The predicted octanol–water partition coefficient (Wildman–Crippen LogP) is 1.96. The fourth-order valence-corrected chi connectivity index (χ4v) is 4.26. The van der Waals surface area contributed by atoms with Gasteiger partial charge in [-0.05, 0) is 44.7 Å². The van der Waals surface area contributed by atoms with Crippen molar-refractivity contribution in [3.05, 3.63) is 58.6 Å². The zero-order valence-electron chi connectivity index (χ0n) is 15.8. The molecule has 146 valence electrons. The third-order valence-electron chi connectivity index (χ3n) is 5.73. The normalized spacial score (nSPS) is 19.8. The Morgan fingerprint density at radius 2 is 2.11 bits per heavy atom.